The monoisotopic (exact) mass is 364 g/mol. The Labute approximate surface area is 149 Å². The normalized spacial score (nSPS) is 21.6. The van der Waals surface area contributed by atoms with E-state index in [9.17, 15) is 9.18 Å². The van der Waals surface area contributed by atoms with E-state index >= 15 is 0 Å². The van der Waals surface area contributed by atoms with Gasteiger partial charge in [0.2, 0.25) is 0 Å². The third-order valence-electron chi connectivity index (χ3n) is 4.68. The minimum Gasteiger partial charge on any atom is -0.378 e. The predicted octanol–water partition coefficient (Wildman–Crippen LogP) is 2.45. The number of carbonyl (C=O) groups is 1. The van der Waals surface area contributed by atoms with Gasteiger partial charge in [0.05, 0.1) is 17.9 Å². The number of amides is 2. The van der Waals surface area contributed by atoms with Crippen molar-refractivity contribution in [3.8, 4) is 0 Å². The van der Waals surface area contributed by atoms with E-state index in [2.05, 4.69) is 15.2 Å². The summed E-state index contributed by atoms with van der Waals surface area (Å²) in [6.07, 6.45) is 1.93. The molecule has 2 amide bonds. The third-order valence-corrected chi connectivity index (χ3v) is 5.76. The van der Waals surface area contributed by atoms with Crippen LogP contribution in [0.2, 0.25) is 0 Å². The smallest absolute Gasteiger partial charge is 0.317 e. The van der Waals surface area contributed by atoms with Crippen molar-refractivity contribution in [2.75, 3.05) is 44.3 Å². The highest BCUT2D eigenvalue weighted by Gasteiger charge is 2.26. The molecule has 1 aromatic carbocycles. The maximum Gasteiger partial charge on any atom is 0.317 e. The first-order valence-corrected chi connectivity index (χ1v) is 9.45. The average Bonchev–Trinajstić information content (AvgIpc) is 3.08. The molecule has 2 fully saturated rings. The van der Waals surface area contributed by atoms with E-state index in [0.717, 1.165) is 29.2 Å². The molecule has 1 aromatic heterocycles. The topological polar surface area (TPSA) is 57.7 Å². The summed E-state index contributed by atoms with van der Waals surface area (Å²) in [5.41, 5.74) is 0.432. The summed E-state index contributed by atoms with van der Waals surface area (Å²) in [5.74, 6) is -0.283. The SMILES string of the molecule is O=C(NC1CCCN(c2nc3c(F)cccc3s2)C1)N1CCOCC1. The van der Waals surface area contributed by atoms with E-state index in [1.807, 2.05) is 6.07 Å². The third kappa shape index (κ3) is 3.55. The van der Waals surface area contributed by atoms with E-state index in [0.29, 0.717) is 38.4 Å². The van der Waals surface area contributed by atoms with Crippen molar-refractivity contribution in [1.29, 1.82) is 0 Å². The minimum atomic E-state index is -0.283. The second-order valence-electron chi connectivity index (χ2n) is 6.42. The summed E-state index contributed by atoms with van der Waals surface area (Å²) in [6, 6.07) is 5.10. The maximum absolute atomic E-state index is 13.9. The largest absolute Gasteiger partial charge is 0.378 e. The van der Waals surface area contributed by atoms with Crippen molar-refractivity contribution in [1.82, 2.24) is 15.2 Å². The van der Waals surface area contributed by atoms with Crippen LogP contribution in [0.3, 0.4) is 0 Å². The number of morpholine rings is 1. The Morgan fingerprint density at radius 3 is 2.96 bits per heavy atom. The Balaban J connectivity index is 1.43. The molecular formula is C17H21FN4O2S. The lowest BCUT2D eigenvalue weighted by Crippen LogP contribution is -2.53. The van der Waals surface area contributed by atoms with Crippen LogP contribution in [-0.4, -0.2) is 61.3 Å². The summed E-state index contributed by atoms with van der Waals surface area (Å²) in [7, 11) is 0. The quantitative estimate of drug-likeness (QED) is 0.889. The Morgan fingerprint density at radius 2 is 2.16 bits per heavy atom. The first kappa shape index (κ1) is 16.5. The number of ether oxygens (including phenoxy) is 1. The van der Waals surface area contributed by atoms with Gasteiger partial charge in [0.25, 0.3) is 0 Å². The van der Waals surface area contributed by atoms with Crippen LogP contribution < -0.4 is 10.2 Å². The number of urea groups is 1. The molecule has 1 N–H and O–H groups in total. The van der Waals surface area contributed by atoms with Crippen LogP contribution in [0, 0.1) is 5.82 Å². The summed E-state index contributed by atoms with van der Waals surface area (Å²) in [6.45, 7) is 4.06. The number of nitrogens with zero attached hydrogens (tertiary/aromatic N) is 3. The highest BCUT2D eigenvalue weighted by atomic mass is 32.1. The highest BCUT2D eigenvalue weighted by molar-refractivity contribution is 7.22. The standard InChI is InChI=1S/C17H21FN4O2S/c18-13-4-1-5-14-15(13)20-17(25-14)22-6-2-3-12(11-22)19-16(23)21-7-9-24-10-8-21/h1,4-5,12H,2-3,6-11H2,(H,19,23). The fraction of sp³-hybridized carbons (Fsp3) is 0.529. The van der Waals surface area contributed by atoms with Crippen LogP contribution in [0.1, 0.15) is 12.8 Å². The second-order valence-corrected chi connectivity index (χ2v) is 7.43. The minimum absolute atomic E-state index is 0.0227. The molecule has 0 aliphatic carbocycles. The van der Waals surface area contributed by atoms with Gasteiger partial charge in [0, 0.05) is 32.2 Å². The van der Waals surface area contributed by atoms with Gasteiger partial charge in [-0.3, -0.25) is 0 Å². The summed E-state index contributed by atoms with van der Waals surface area (Å²) < 4.78 is 20.0. The van der Waals surface area contributed by atoms with Crippen molar-refractivity contribution in [2.24, 2.45) is 0 Å². The molecule has 6 nitrogen and oxygen atoms in total. The van der Waals surface area contributed by atoms with Gasteiger partial charge in [0.1, 0.15) is 11.3 Å². The fourth-order valence-corrected chi connectivity index (χ4v) is 4.35. The van der Waals surface area contributed by atoms with Gasteiger partial charge in [-0.25, -0.2) is 14.2 Å². The number of benzene rings is 1. The van der Waals surface area contributed by atoms with E-state index < -0.39 is 0 Å². The zero-order valence-electron chi connectivity index (χ0n) is 13.9. The van der Waals surface area contributed by atoms with Gasteiger partial charge in [-0.05, 0) is 25.0 Å². The van der Waals surface area contributed by atoms with Gasteiger partial charge < -0.3 is 19.9 Å². The van der Waals surface area contributed by atoms with Gasteiger partial charge in [-0.2, -0.15) is 0 Å². The number of rotatable bonds is 2. The lowest BCUT2D eigenvalue weighted by atomic mass is 10.1. The van der Waals surface area contributed by atoms with Gasteiger partial charge in [-0.15, -0.1) is 0 Å². The van der Waals surface area contributed by atoms with E-state index in [1.165, 1.54) is 17.4 Å². The Bertz CT molecular complexity index is 762. The summed E-state index contributed by atoms with van der Waals surface area (Å²) >= 11 is 1.50. The van der Waals surface area contributed by atoms with Crippen molar-refractivity contribution in [3.63, 3.8) is 0 Å². The van der Waals surface area contributed by atoms with Crippen molar-refractivity contribution >= 4 is 32.7 Å². The second kappa shape index (κ2) is 7.13. The van der Waals surface area contributed by atoms with Crippen LogP contribution in [0.4, 0.5) is 14.3 Å². The fourth-order valence-electron chi connectivity index (χ4n) is 3.34. The molecule has 0 saturated carbocycles. The van der Waals surface area contributed by atoms with Crippen molar-refractivity contribution < 1.29 is 13.9 Å². The number of para-hydroxylation sites is 1. The molecule has 2 aliphatic heterocycles. The zero-order valence-corrected chi connectivity index (χ0v) is 14.7. The highest BCUT2D eigenvalue weighted by Crippen LogP contribution is 2.31. The number of nitrogens with one attached hydrogen (secondary N) is 1. The molecule has 2 aromatic rings. The number of fused-ring (bicyclic) bond motifs is 1. The number of anilines is 1. The number of aromatic nitrogens is 1. The Morgan fingerprint density at radius 1 is 1.32 bits per heavy atom. The first-order valence-electron chi connectivity index (χ1n) is 8.64. The molecule has 8 heteroatoms. The number of halogens is 1. The van der Waals surface area contributed by atoms with Crippen molar-refractivity contribution in [2.45, 2.75) is 18.9 Å². The molecule has 1 unspecified atom stereocenters. The number of hydrogen-bond acceptors (Lipinski definition) is 5. The molecule has 0 spiro atoms. The predicted molar refractivity (Wildman–Crippen MR) is 95.7 cm³/mol. The molecule has 134 valence electrons. The van der Waals surface area contributed by atoms with Crippen molar-refractivity contribution in [3.05, 3.63) is 24.0 Å². The molecule has 0 radical (unpaired) electrons. The number of piperidine rings is 1. The summed E-state index contributed by atoms with van der Waals surface area (Å²) in [4.78, 5) is 20.8. The Hall–Kier alpha value is -1.93. The van der Waals surface area contributed by atoms with Crippen LogP contribution in [0.25, 0.3) is 10.2 Å². The molecule has 25 heavy (non-hydrogen) atoms. The molecule has 2 aliphatic rings. The lowest BCUT2D eigenvalue weighted by molar-refractivity contribution is 0.0523. The molecule has 0 bridgehead atoms. The molecular weight excluding hydrogens is 343 g/mol. The zero-order chi connectivity index (χ0) is 17.2. The molecule has 3 heterocycles. The number of thiazole rings is 1. The van der Waals surface area contributed by atoms with E-state index in [4.69, 9.17) is 4.74 Å². The van der Waals surface area contributed by atoms with Crippen LogP contribution in [-0.2, 0) is 4.74 Å². The summed E-state index contributed by atoms with van der Waals surface area (Å²) in [5, 5.41) is 3.95. The van der Waals surface area contributed by atoms with Crippen LogP contribution in [0.15, 0.2) is 18.2 Å². The average molecular weight is 364 g/mol. The van der Waals surface area contributed by atoms with Crippen LogP contribution in [0.5, 0.6) is 0 Å². The van der Waals surface area contributed by atoms with E-state index in [1.54, 1.807) is 11.0 Å². The molecule has 2 saturated heterocycles. The van der Waals surface area contributed by atoms with Gasteiger partial charge in [-0.1, -0.05) is 17.4 Å². The first-order chi connectivity index (χ1) is 12.2. The van der Waals surface area contributed by atoms with Gasteiger partial charge >= 0.3 is 6.03 Å². The maximum atomic E-state index is 13.9. The molecule has 1 atom stereocenters. The Kier molecular flexibility index (Phi) is 4.72. The van der Waals surface area contributed by atoms with Gasteiger partial charge in [0.15, 0.2) is 5.13 Å². The van der Waals surface area contributed by atoms with Crippen LogP contribution >= 0.6 is 11.3 Å². The number of carbonyl (C=O) groups excluding carboxylic acids is 1. The molecule has 4 rings (SSSR count). The lowest BCUT2D eigenvalue weighted by Gasteiger charge is -2.35. The number of hydrogen-bond donors (Lipinski definition) is 1. The van der Waals surface area contributed by atoms with E-state index in [-0.39, 0.29) is 17.9 Å².